The molecule has 0 radical (unpaired) electrons. The highest BCUT2D eigenvalue weighted by Crippen LogP contribution is 2.28. The summed E-state index contributed by atoms with van der Waals surface area (Å²) in [6.07, 6.45) is 5.59. The first-order valence-corrected chi connectivity index (χ1v) is 6.08. The van der Waals surface area contributed by atoms with E-state index in [1.165, 1.54) is 7.11 Å². The topological polar surface area (TPSA) is 61.8 Å². The Morgan fingerprint density at radius 2 is 1.86 bits per heavy atom. The first-order chi connectivity index (χ1) is 10.1. The second kappa shape index (κ2) is 8.37. The minimum absolute atomic E-state index is 0.139. The van der Waals surface area contributed by atoms with Crippen molar-refractivity contribution >= 4 is 18.0 Å². The number of carbonyl (C=O) groups is 2. The quantitative estimate of drug-likeness (QED) is 0.438. The maximum absolute atomic E-state index is 11.2. The molecule has 0 aliphatic rings. The molecule has 0 unspecified atom stereocenters. The fraction of sp³-hybridized carbons (Fsp3) is 0.125. The summed E-state index contributed by atoms with van der Waals surface area (Å²) in [6.45, 7) is 6.76. The van der Waals surface area contributed by atoms with Gasteiger partial charge in [0, 0.05) is 12.2 Å². The minimum Gasteiger partial charge on any atom is -0.493 e. The molecular formula is C16H16O5. The summed E-state index contributed by atoms with van der Waals surface area (Å²) < 4.78 is 15.0. The molecule has 0 N–H and O–H groups in total. The Kier molecular flexibility index (Phi) is 6.47. The van der Waals surface area contributed by atoms with Crippen LogP contribution in [-0.4, -0.2) is 25.7 Å². The van der Waals surface area contributed by atoms with Crippen molar-refractivity contribution in [2.24, 2.45) is 0 Å². The van der Waals surface area contributed by atoms with E-state index in [1.807, 2.05) is 0 Å². The highest BCUT2D eigenvalue weighted by Gasteiger charge is 2.07. The molecule has 0 heterocycles. The van der Waals surface area contributed by atoms with Gasteiger partial charge in [0.15, 0.2) is 11.5 Å². The second-order valence-electron chi connectivity index (χ2n) is 3.77. The molecule has 110 valence electrons. The first kappa shape index (κ1) is 16.2. The molecule has 0 aliphatic heterocycles. The Morgan fingerprint density at radius 3 is 2.48 bits per heavy atom. The molecule has 1 rings (SSSR count). The lowest BCUT2D eigenvalue weighted by atomic mass is 10.2. The highest BCUT2D eigenvalue weighted by molar-refractivity contribution is 5.84. The second-order valence-corrected chi connectivity index (χ2v) is 3.77. The fourth-order valence-electron chi connectivity index (χ4n) is 1.40. The number of methoxy groups -OCH3 is 1. The van der Waals surface area contributed by atoms with Crippen LogP contribution >= 0.6 is 0 Å². The molecule has 0 fully saturated rings. The summed E-state index contributed by atoms with van der Waals surface area (Å²) in [7, 11) is 1.47. The van der Waals surface area contributed by atoms with E-state index >= 15 is 0 Å². The van der Waals surface area contributed by atoms with Gasteiger partial charge in [0.2, 0.25) is 0 Å². The van der Waals surface area contributed by atoms with Crippen LogP contribution in [0.15, 0.2) is 49.6 Å². The van der Waals surface area contributed by atoms with Gasteiger partial charge in [-0.25, -0.2) is 9.59 Å². The van der Waals surface area contributed by atoms with E-state index in [0.717, 1.165) is 17.7 Å². The van der Waals surface area contributed by atoms with Crippen LogP contribution in [0.4, 0.5) is 0 Å². The lowest BCUT2D eigenvalue weighted by Crippen LogP contribution is -2.04. The van der Waals surface area contributed by atoms with Crippen molar-refractivity contribution in [3.8, 4) is 11.5 Å². The van der Waals surface area contributed by atoms with Crippen molar-refractivity contribution in [3.63, 3.8) is 0 Å². The standard InChI is InChI=1S/C16H16O5/c1-4-15(17)20-10-6-7-12-8-9-13(14(11-12)19-3)21-16(18)5-2/h4-9,11H,1-2,10H2,3H3/b7-6+. The Bertz CT molecular complexity index is 572. The molecule has 1 aromatic rings. The van der Waals surface area contributed by atoms with Crippen molar-refractivity contribution in [2.75, 3.05) is 13.7 Å². The Balaban J connectivity index is 2.75. The summed E-state index contributed by atoms with van der Waals surface area (Å²) in [5, 5.41) is 0. The molecule has 0 amide bonds. The maximum atomic E-state index is 11.2. The van der Waals surface area contributed by atoms with Crippen LogP contribution in [0, 0.1) is 0 Å². The van der Waals surface area contributed by atoms with Crippen LogP contribution in [0.3, 0.4) is 0 Å². The number of rotatable bonds is 7. The van der Waals surface area contributed by atoms with E-state index in [-0.39, 0.29) is 6.61 Å². The summed E-state index contributed by atoms with van der Waals surface area (Å²) in [5.74, 6) is -0.329. The molecule has 21 heavy (non-hydrogen) atoms. The third-order valence-electron chi connectivity index (χ3n) is 2.36. The number of carbonyl (C=O) groups excluding carboxylic acids is 2. The van der Waals surface area contributed by atoms with Crippen molar-refractivity contribution in [2.45, 2.75) is 0 Å². The first-order valence-electron chi connectivity index (χ1n) is 6.08. The smallest absolute Gasteiger partial charge is 0.335 e. The van der Waals surface area contributed by atoms with Gasteiger partial charge in [-0.3, -0.25) is 0 Å². The average Bonchev–Trinajstić information content (AvgIpc) is 2.52. The zero-order valence-corrected chi connectivity index (χ0v) is 11.7. The minimum atomic E-state index is -0.562. The molecule has 0 aromatic heterocycles. The lowest BCUT2D eigenvalue weighted by molar-refractivity contribution is -0.136. The van der Waals surface area contributed by atoms with Crippen LogP contribution in [0.5, 0.6) is 11.5 Å². The van der Waals surface area contributed by atoms with Crippen LogP contribution in [0.2, 0.25) is 0 Å². The predicted octanol–water partition coefficient (Wildman–Crippen LogP) is 2.53. The van der Waals surface area contributed by atoms with Crippen LogP contribution in [0.25, 0.3) is 6.08 Å². The van der Waals surface area contributed by atoms with Crippen molar-refractivity contribution in [3.05, 3.63) is 55.1 Å². The molecule has 5 nitrogen and oxygen atoms in total. The van der Waals surface area contributed by atoms with Gasteiger partial charge in [0.25, 0.3) is 0 Å². The van der Waals surface area contributed by atoms with Gasteiger partial charge >= 0.3 is 11.9 Å². The SMILES string of the molecule is C=CC(=O)OC/C=C/c1ccc(OC(=O)C=C)c(OC)c1. The van der Waals surface area contributed by atoms with E-state index in [9.17, 15) is 9.59 Å². The summed E-state index contributed by atoms with van der Waals surface area (Å²) in [5.41, 5.74) is 0.805. The average molecular weight is 288 g/mol. The van der Waals surface area contributed by atoms with Crippen molar-refractivity contribution in [1.82, 2.24) is 0 Å². The van der Waals surface area contributed by atoms with E-state index in [1.54, 1.807) is 30.4 Å². The van der Waals surface area contributed by atoms with Gasteiger partial charge in [0.1, 0.15) is 6.61 Å². The van der Waals surface area contributed by atoms with E-state index < -0.39 is 11.9 Å². The normalized spacial score (nSPS) is 9.95. The third-order valence-corrected chi connectivity index (χ3v) is 2.36. The number of esters is 2. The van der Waals surface area contributed by atoms with Crippen molar-refractivity contribution < 1.29 is 23.8 Å². The lowest BCUT2D eigenvalue weighted by Gasteiger charge is -2.08. The monoisotopic (exact) mass is 288 g/mol. The molecule has 0 aliphatic carbocycles. The van der Waals surface area contributed by atoms with Crippen molar-refractivity contribution in [1.29, 1.82) is 0 Å². The van der Waals surface area contributed by atoms with Crippen LogP contribution in [0.1, 0.15) is 5.56 Å². The van der Waals surface area contributed by atoms with Gasteiger partial charge in [-0.2, -0.15) is 0 Å². The van der Waals surface area contributed by atoms with E-state index in [0.29, 0.717) is 11.5 Å². The Morgan fingerprint density at radius 1 is 1.14 bits per heavy atom. The van der Waals surface area contributed by atoms with E-state index in [4.69, 9.17) is 14.2 Å². The summed E-state index contributed by atoms with van der Waals surface area (Å²) in [6, 6.07) is 5.03. The number of ether oxygens (including phenoxy) is 3. The Hall–Kier alpha value is -2.82. The van der Waals surface area contributed by atoms with Gasteiger partial charge in [-0.15, -0.1) is 0 Å². The maximum Gasteiger partial charge on any atom is 0.335 e. The zero-order chi connectivity index (χ0) is 15.7. The molecule has 0 bridgehead atoms. The van der Waals surface area contributed by atoms with Gasteiger partial charge in [-0.05, 0) is 23.8 Å². The molecule has 5 heteroatoms. The zero-order valence-electron chi connectivity index (χ0n) is 11.7. The number of hydrogen-bond acceptors (Lipinski definition) is 5. The molecule has 0 saturated heterocycles. The Labute approximate surface area is 123 Å². The van der Waals surface area contributed by atoms with Gasteiger partial charge < -0.3 is 14.2 Å². The van der Waals surface area contributed by atoms with Gasteiger partial charge in [-0.1, -0.05) is 25.3 Å². The highest BCUT2D eigenvalue weighted by atomic mass is 16.6. The fourth-order valence-corrected chi connectivity index (χ4v) is 1.40. The summed E-state index contributed by atoms with van der Waals surface area (Å²) >= 11 is 0. The van der Waals surface area contributed by atoms with E-state index in [2.05, 4.69) is 13.2 Å². The predicted molar refractivity (Wildman–Crippen MR) is 79.0 cm³/mol. The molecule has 1 aromatic carbocycles. The molecular weight excluding hydrogens is 272 g/mol. The largest absolute Gasteiger partial charge is 0.493 e. The molecule has 0 atom stereocenters. The van der Waals surface area contributed by atoms with Gasteiger partial charge in [0.05, 0.1) is 7.11 Å². The summed E-state index contributed by atoms with van der Waals surface area (Å²) in [4.78, 5) is 22.0. The number of hydrogen-bond donors (Lipinski definition) is 0. The molecule has 0 spiro atoms. The molecule has 0 saturated carbocycles. The third kappa shape index (κ3) is 5.36. The van der Waals surface area contributed by atoms with Crippen LogP contribution in [-0.2, 0) is 14.3 Å². The number of benzene rings is 1. The van der Waals surface area contributed by atoms with Crippen LogP contribution < -0.4 is 9.47 Å².